The van der Waals surface area contributed by atoms with Crippen molar-refractivity contribution in [1.29, 1.82) is 0 Å². The molecule has 0 saturated carbocycles. The average molecular weight is 1800 g/mol. The minimum absolute atomic E-state index is 0.0471. The van der Waals surface area contributed by atoms with Crippen molar-refractivity contribution < 1.29 is 71.5 Å². The number of aryl methyl sites for hydroxylation is 2. The summed E-state index contributed by atoms with van der Waals surface area (Å²) < 4.78 is 43.5. The number of amides is 7. The van der Waals surface area contributed by atoms with Gasteiger partial charge >= 0.3 is 0 Å². The molecule has 12 rings (SSSR count). The highest BCUT2D eigenvalue weighted by Gasteiger charge is 2.28. The number of aromatic nitrogens is 2. The molecule has 2 aromatic heterocycles. The van der Waals surface area contributed by atoms with E-state index in [4.69, 9.17) is 42.9 Å². The molecule has 2 aliphatic carbocycles. The van der Waals surface area contributed by atoms with Gasteiger partial charge in [-0.05, 0) is 218 Å². The van der Waals surface area contributed by atoms with Crippen LogP contribution in [0.15, 0.2) is 170 Å². The van der Waals surface area contributed by atoms with E-state index in [1.54, 1.807) is 109 Å². The second kappa shape index (κ2) is 54.8. The Labute approximate surface area is 773 Å². The highest BCUT2D eigenvalue weighted by Crippen LogP contribution is 2.37. The van der Waals surface area contributed by atoms with Crippen LogP contribution in [0.3, 0.4) is 0 Å². The molecule has 4 aliphatic rings. The zero-order valence-electron chi connectivity index (χ0n) is 77.8. The fourth-order valence-electron chi connectivity index (χ4n) is 16.7. The summed E-state index contributed by atoms with van der Waals surface area (Å²) in [7, 11) is 5.22. The number of carbonyl (C=O) groups excluding carboxylic acids is 7. The van der Waals surface area contributed by atoms with E-state index in [0.29, 0.717) is 212 Å². The van der Waals surface area contributed by atoms with Crippen molar-refractivity contribution in [2.24, 2.45) is 0 Å². The second-order valence-electron chi connectivity index (χ2n) is 33.0. The SMILES string of the molecule is CCN(CC)c1ccc(NC(=O)c2cccc(C(=O)N(C)CCN3CCCN(C(=O)CCOCCOCCOCCOCCOCCOCCOCCOC)CC3)c2)c(-c2cc(C(=O)N[C@H]3CCCc4ccccc43)ccn2)c1.CCN(CC)c1ccc(NC(=O)c2cccc(C(=O)N(C)CCN3CCCNCC3)c2)c(-c2cc(C(=O)N[C@H]3CCCc4ccccc43)ccn2)c1. The van der Waals surface area contributed by atoms with Crippen molar-refractivity contribution in [2.45, 2.75) is 97.6 Å². The van der Waals surface area contributed by atoms with Crippen molar-refractivity contribution >= 4 is 64.1 Å². The standard InChI is InChI=1S/C60H85N7O12.C42H51N7O3/c1-5-66(6-2)51-18-19-55(53(46-51)56-45-49(20-22-61-56)59(70)62-54-17-10-13-47-12-7-8-16-52(47)54)63-58(69)48-14-9-15-50(44-48)60(71)64(3)25-26-65-23-11-24-67(28-27-65)57(68)21-29-73-32-33-75-36-37-77-40-41-79-43-42-78-39-38-76-35-34-74-31-30-72-4;1-4-49(5-2)34-17-18-38(46-40(50)31-13-8-14-33(27-31)42(52)47(3)25-26-48-23-10-20-43-22-24-48)36(29-34)39-28-32(19-21-44-39)41(51)45-37-16-9-12-30-11-6-7-15-35(30)37/h7-9,12,14-16,18-20,22,44-46,54H,5-6,10-11,13,17,21,23-43H2,1-4H3,(H,62,70)(H,63,69);6-8,11,13-15,17-19,21,27-29,37,43H,4-5,9-10,12,16,20,22-26H2,1-3H3,(H,45,51)(H,46,50)/t54-;37-/m00/s1. The third-order valence-corrected chi connectivity index (χ3v) is 24.1. The van der Waals surface area contributed by atoms with Crippen LogP contribution in [0, 0.1) is 0 Å². The number of hydrogen-bond donors (Lipinski definition) is 5. The van der Waals surface area contributed by atoms with Gasteiger partial charge in [-0.25, -0.2) is 0 Å². The first-order valence-electron chi connectivity index (χ1n) is 46.8. The first-order valence-corrected chi connectivity index (χ1v) is 46.8. The third-order valence-electron chi connectivity index (χ3n) is 24.1. The number of benzene rings is 6. The fraction of sp³-hybridized carbons (Fsp3) is 0.480. The number of ether oxygens (including phenoxy) is 8. The van der Waals surface area contributed by atoms with Gasteiger partial charge in [-0.1, -0.05) is 60.7 Å². The minimum atomic E-state index is -0.382. The van der Waals surface area contributed by atoms with Gasteiger partial charge in [0.2, 0.25) is 5.91 Å². The second-order valence-corrected chi connectivity index (χ2v) is 33.0. The van der Waals surface area contributed by atoms with Crippen LogP contribution >= 0.6 is 0 Å². The van der Waals surface area contributed by atoms with Crippen molar-refractivity contribution in [1.82, 2.24) is 50.4 Å². The lowest BCUT2D eigenvalue weighted by Gasteiger charge is -2.26. The Bertz CT molecular complexity index is 4930. The number of nitrogens with one attached hydrogen (secondary N) is 5. The van der Waals surface area contributed by atoms with Crippen LogP contribution in [0.4, 0.5) is 22.7 Å². The summed E-state index contributed by atoms with van der Waals surface area (Å²) in [5, 5.41) is 16.1. The maximum absolute atomic E-state index is 14.0. The quantitative estimate of drug-likeness (QED) is 0.0221. The van der Waals surface area contributed by atoms with E-state index in [0.717, 1.165) is 134 Å². The van der Waals surface area contributed by atoms with Crippen LogP contribution in [0.5, 0.6) is 0 Å². The number of hydrogen-bond acceptors (Lipinski definition) is 22. The number of carbonyl (C=O) groups is 7. The first kappa shape index (κ1) is 101. The predicted octanol–water partition coefficient (Wildman–Crippen LogP) is 12.4. The molecule has 0 unspecified atom stereocenters. The van der Waals surface area contributed by atoms with Crippen LogP contribution in [-0.2, 0) is 55.5 Å². The Morgan fingerprint density at radius 2 is 0.817 bits per heavy atom. The van der Waals surface area contributed by atoms with Crippen LogP contribution in [0.1, 0.15) is 169 Å². The summed E-state index contributed by atoms with van der Waals surface area (Å²) in [6, 6.07) is 48.8. The summed E-state index contributed by atoms with van der Waals surface area (Å²) >= 11 is 0. The number of fused-ring (bicyclic) bond motifs is 2. The fourth-order valence-corrected chi connectivity index (χ4v) is 16.7. The Kier molecular flexibility index (Phi) is 42.1. The molecule has 131 heavy (non-hydrogen) atoms. The van der Waals surface area contributed by atoms with Crippen LogP contribution in [0.2, 0.25) is 0 Å². The van der Waals surface area contributed by atoms with Gasteiger partial charge in [0.25, 0.3) is 35.4 Å². The number of nitrogens with zero attached hydrogens (tertiary/aromatic N) is 9. The summed E-state index contributed by atoms with van der Waals surface area (Å²) in [4.78, 5) is 119. The van der Waals surface area contributed by atoms with E-state index < -0.39 is 0 Å². The highest BCUT2D eigenvalue weighted by atomic mass is 16.6. The van der Waals surface area contributed by atoms with Crippen molar-refractivity contribution in [3.8, 4) is 22.5 Å². The summed E-state index contributed by atoms with van der Waals surface area (Å²) in [5.41, 5.74) is 13.0. The van der Waals surface area contributed by atoms with Crippen molar-refractivity contribution in [3.05, 3.63) is 226 Å². The molecule has 2 aliphatic heterocycles. The van der Waals surface area contributed by atoms with Crippen LogP contribution in [0.25, 0.3) is 22.5 Å². The van der Waals surface area contributed by atoms with E-state index in [1.165, 1.54) is 16.7 Å². The zero-order chi connectivity index (χ0) is 92.3. The summed E-state index contributed by atoms with van der Waals surface area (Å²) in [6.45, 7) is 28.0. The molecule has 5 N–H and O–H groups in total. The predicted molar refractivity (Wildman–Crippen MR) is 512 cm³/mol. The topological polar surface area (TPSA) is 302 Å². The molecule has 6 aromatic carbocycles. The normalized spacial score (nSPS) is 15.1. The highest BCUT2D eigenvalue weighted by molar-refractivity contribution is 6.09. The lowest BCUT2D eigenvalue weighted by atomic mass is 9.87. The molecule has 2 atom stereocenters. The monoisotopic (exact) mass is 1800 g/mol. The third kappa shape index (κ3) is 31.4. The molecule has 2 saturated heterocycles. The molecule has 7 amide bonds. The smallest absolute Gasteiger partial charge is 0.255 e. The van der Waals surface area contributed by atoms with E-state index in [2.05, 4.69) is 103 Å². The van der Waals surface area contributed by atoms with Crippen LogP contribution < -0.4 is 36.4 Å². The largest absolute Gasteiger partial charge is 0.382 e. The number of methoxy groups -OCH3 is 1. The molecule has 29 heteroatoms. The number of likely N-dealkylation sites (N-methyl/N-ethyl adjacent to an activating group) is 2. The first-order chi connectivity index (χ1) is 64.0. The molecule has 704 valence electrons. The molecule has 0 spiro atoms. The number of anilines is 4. The maximum atomic E-state index is 14.0. The molecular weight excluding hydrogens is 1660 g/mol. The van der Waals surface area contributed by atoms with Gasteiger partial charge < -0.3 is 93.9 Å². The van der Waals surface area contributed by atoms with Gasteiger partial charge in [-0.3, -0.25) is 48.4 Å². The van der Waals surface area contributed by atoms with Gasteiger partial charge in [-0.2, -0.15) is 0 Å². The van der Waals surface area contributed by atoms with E-state index in [9.17, 15) is 33.6 Å². The van der Waals surface area contributed by atoms with Gasteiger partial charge in [0.15, 0.2) is 0 Å². The molecule has 4 heterocycles. The molecule has 0 radical (unpaired) electrons. The number of rotatable bonds is 48. The molecule has 8 aromatic rings. The average Bonchev–Trinajstić information content (AvgIpc) is 1.10. The summed E-state index contributed by atoms with van der Waals surface area (Å²) in [5.74, 6) is -1.32. The lowest BCUT2D eigenvalue weighted by Crippen LogP contribution is -2.39. The summed E-state index contributed by atoms with van der Waals surface area (Å²) in [6.07, 6.45) is 11.3. The molecule has 2 fully saturated rings. The van der Waals surface area contributed by atoms with E-state index in [1.807, 2.05) is 72.6 Å². The lowest BCUT2D eigenvalue weighted by molar-refractivity contribution is -0.132. The van der Waals surface area contributed by atoms with Gasteiger partial charge in [0.1, 0.15) is 0 Å². The molecule has 0 bridgehead atoms. The van der Waals surface area contributed by atoms with Gasteiger partial charge in [0.05, 0.1) is 140 Å². The Hall–Kier alpha value is -10.9. The Morgan fingerprint density at radius 1 is 0.405 bits per heavy atom. The van der Waals surface area contributed by atoms with Crippen LogP contribution in [-0.4, -0.2) is 301 Å². The van der Waals surface area contributed by atoms with Gasteiger partial charge in [0, 0.05) is 175 Å². The maximum Gasteiger partial charge on any atom is 0.255 e. The van der Waals surface area contributed by atoms with Crippen molar-refractivity contribution in [3.63, 3.8) is 0 Å². The van der Waals surface area contributed by atoms with Crippen molar-refractivity contribution in [2.75, 3.05) is 245 Å². The molecular formula is C102H136N14O15. The van der Waals surface area contributed by atoms with E-state index in [-0.39, 0.29) is 53.4 Å². The Morgan fingerprint density at radius 3 is 1.27 bits per heavy atom. The zero-order valence-corrected chi connectivity index (χ0v) is 77.8. The Balaban J connectivity index is 0.000000275. The molecule has 29 nitrogen and oxygen atoms in total. The number of pyridine rings is 2. The minimum Gasteiger partial charge on any atom is -0.382 e. The van der Waals surface area contributed by atoms with E-state index >= 15 is 0 Å². The van der Waals surface area contributed by atoms with Gasteiger partial charge in [-0.15, -0.1) is 0 Å².